The molecule has 0 aromatic carbocycles. The summed E-state index contributed by atoms with van der Waals surface area (Å²) in [5, 5.41) is 8.67. The quantitative estimate of drug-likeness (QED) is 0.216. The van der Waals surface area contributed by atoms with Crippen LogP contribution in [0.5, 0.6) is 0 Å². The second-order valence-electron chi connectivity index (χ2n) is 6.29. The van der Waals surface area contributed by atoms with Gasteiger partial charge in [-0.15, -0.1) is 0 Å². The van der Waals surface area contributed by atoms with Crippen LogP contribution in [-0.4, -0.2) is 30.4 Å². The highest BCUT2D eigenvalue weighted by Gasteiger charge is 2.01. The lowest BCUT2D eigenvalue weighted by Crippen LogP contribution is -2.02. The minimum atomic E-state index is -3.79. The summed E-state index contributed by atoms with van der Waals surface area (Å²) in [4.78, 5) is 0. The molecule has 5 heteroatoms. The van der Waals surface area contributed by atoms with Gasteiger partial charge in [0.25, 0.3) is 10.1 Å². The molecular weight excluding hydrogens is 324 g/mol. The molecule has 0 spiro atoms. The summed E-state index contributed by atoms with van der Waals surface area (Å²) in [6.45, 7) is 0.313. The Labute approximate surface area is 148 Å². The third-order valence-electron chi connectivity index (χ3n) is 3.88. The minimum Gasteiger partial charge on any atom is -0.396 e. The van der Waals surface area contributed by atoms with Crippen molar-refractivity contribution < 1.29 is 18.1 Å². The Balaban J connectivity index is 3.21. The molecule has 0 saturated carbocycles. The van der Waals surface area contributed by atoms with Gasteiger partial charge in [0.2, 0.25) is 0 Å². The van der Waals surface area contributed by atoms with E-state index in [1.54, 1.807) is 0 Å². The first-order chi connectivity index (χ1) is 11.6. The molecule has 0 rings (SSSR count). The third kappa shape index (κ3) is 21.4. The average molecular weight is 361 g/mol. The van der Waals surface area contributed by atoms with Crippen molar-refractivity contribution in [1.29, 1.82) is 0 Å². The predicted molar refractivity (Wildman–Crippen MR) is 102 cm³/mol. The molecule has 24 heavy (non-hydrogen) atoms. The zero-order valence-corrected chi connectivity index (χ0v) is 15.9. The van der Waals surface area contributed by atoms with E-state index in [1.165, 1.54) is 44.9 Å². The fourth-order valence-electron chi connectivity index (χ4n) is 2.46. The van der Waals surface area contributed by atoms with Crippen LogP contribution in [0.4, 0.5) is 0 Å². The Kier molecular flexibility index (Phi) is 16.7. The molecule has 0 aliphatic heterocycles. The lowest BCUT2D eigenvalue weighted by Gasteiger charge is -1.99. The number of aliphatic hydroxyl groups excluding tert-OH is 1. The van der Waals surface area contributed by atoms with Crippen LogP contribution in [0.15, 0.2) is 24.3 Å². The van der Waals surface area contributed by atoms with Crippen molar-refractivity contribution in [3.05, 3.63) is 24.3 Å². The molecule has 142 valence electrons. The van der Waals surface area contributed by atoms with Gasteiger partial charge in [-0.1, -0.05) is 50.0 Å². The smallest absolute Gasteiger partial charge is 0.264 e. The van der Waals surface area contributed by atoms with Gasteiger partial charge < -0.3 is 5.11 Å². The van der Waals surface area contributed by atoms with E-state index in [9.17, 15) is 8.42 Å². The molecule has 0 unspecified atom stereocenters. The van der Waals surface area contributed by atoms with Crippen molar-refractivity contribution >= 4 is 10.1 Å². The molecule has 0 heterocycles. The zero-order valence-electron chi connectivity index (χ0n) is 15.0. The number of allylic oxidation sites excluding steroid dienone is 4. The average Bonchev–Trinajstić information content (AvgIpc) is 2.52. The van der Waals surface area contributed by atoms with Crippen LogP contribution in [0.2, 0.25) is 0 Å². The lowest BCUT2D eigenvalue weighted by atomic mass is 10.1. The van der Waals surface area contributed by atoms with Crippen LogP contribution in [0.1, 0.15) is 83.5 Å². The number of unbranched alkanes of at least 4 members (excludes halogenated alkanes) is 10. The van der Waals surface area contributed by atoms with Crippen molar-refractivity contribution in [2.45, 2.75) is 83.5 Å². The van der Waals surface area contributed by atoms with Gasteiger partial charge in [-0.3, -0.25) is 4.55 Å². The second-order valence-corrected chi connectivity index (χ2v) is 7.86. The first kappa shape index (κ1) is 23.4. The largest absolute Gasteiger partial charge is 0.396 e. The van der Waals surface area contributed by atoms with Gasteiger partial charge in [-0.05, 0) is 57.8 Å². The molecule has 4 nitrogen and oxygen atoms in total. The first-order valence-electron chi connectivity index (χ1n) is 9.42. The Hall–Kier alpha value is -0.650. The maximum absolute atomic E-state index is 10.5. The molecule has 2 N–H and O–H groups in total. The van der Waals surface area contributed by atoms with Crippen molar-refractivity contribution in [2.75, 3.05) is 12.4 Å². The van der Waals surface area contributed by atoms with E-state index < -0.39 is 10.1 Å². The summed E-state index contributed by atoms with van der Waals surface area (Å²) < 4.78 is 29.6. The van der Waals surface area contributed by atoms with Crippen LogP contribution >= 0.6 is 0 Å². The summed E-state index contributed by atoms with van der Waals surface area (Å²) >= 11 is 0. The van der Waals surface area contributed by atoms with Crippen LogP contribution in [0, 0.1) is 0 Å². The van der Waals surface area contributed by atoms with Crippen LogP contribution in [0.3, 0.4) is 0 Å². The number of aliphatic hydroxyl groups is 1. The number of hydrogen-bond donors (Lipinski definition) is 2. The standard InChI is InChI=1S/C19H36O4S/c20-18-16-14-12-10-8-6-4-2-1-3-5-7-9-11-13-15-17-19-24(21,22)23/h6,8,11,13,20H,1-5,7,9-10,12,14-19H2,(H,21,22,23). The van der Waals surface area contributed by atoms with E-state index in [1.807, 2.05) is 6.08 Å². The molecule has 0 amide bonds. The molecule has 0 aliphatic rings. The molecule has 0 aliphatic carbocycles. The first-order valence-corrected chi connectivity index (χ1v) is 11.0. The van der Waals surface area contributed by atoms with Crippen molar-refractivity contribution in [3.63, 3.8) is 0 Å². The normalized spacial score (nSPS) is 12.6. The van der Waals surface area contributed by atoms with Gasteiger partial charge in [0, 0.05) is 6.61 Å². The summed E-state index contributed by atoms with van der Waals surface area (Å²) in [5.74, 6) is -0.144. The minimum absolute atomic E-state index is 0.144. The molecule has 0 radical (unpaired) electrons. The van der Waals surface area contributed by atoms with E-state index in [2.05, 4.69) is 18.2 Å². The van der Waals surface area contributed by atoms with E-state index in [-0.39, 0.29) is 5.75 Å². The Bertz CT molecular complexity index is 413. The van der Waals surface area contributed by atoms with Crippen molar-refractivity contribution in [3.8, 4) is 0 Å². The topological polar surface area (TPSA) is 74.6 Å². The SMILES string of the molecule is O=S(=O)(O)CCCC=CCCCCCCCC=CCCCCCO. The lowest BCUT2D eigenvalue weighted by molar-refractivity contribution is 0.283. The second kappa shape index (κ2) is 17.2. The predicted octanol–water partition coefficient (Wildman–Crippen LogP) is 5.05. The molecule has 0 saturated heterocycles. The molecular formula is C19H36O4S. The van der Waals surface area contributed by atoms with Gasteiger partial charge in [0.15, 0.2) is 0 Å². The highest BCUT2D eigenvalue weighted by atomic mass is 32.2. The van der Waals surface area contributed by atoms with Crippen molar-refractivity contribution in [1.82, 2.24) is 0 Å². The molecule has 0 aromatic rings. The zero-order chi connectivity index (χ0) is 17.9. The highest BCUT2D eigenvalue weighted by molar-refractivity contribution is 7.85. The van der Waals surface area contributed by atoms with Gasteiger partial charge in [-0.2, -0.15) is 8.42 Å². The molecule has 0 aromatic heterocycles. The highest BCUT2D eigenvalue weighted by Crippen LogP contribution is 2.09. The maximum Gasteiger partial charge on any atom is 0.264 e. The fourth-order valence-corrected chi connectivity index (χ4v) is 2.99. The summed E-state index contributed by atoms with van der Waals surface area (Å²) in [7, 11) is -3.79. The number of hydrogen-bond acceptors (Lipinski definition) is 3. The summed E-state index contributed by atoms with van der Waals surface area (Å²) in [6, 6.07) is 0. The van der Waals surface area contributed by atoms with Crippen molar-refractivity contribution in [2.24, 2.45) is 0 Å². The summed E-state index contributed by atoms with van der Waals surface area (Å²) in [5.41, 5.74) is 0. The monoisotopic (exact) mass is 360 g/mol. The Morgan fingerprint density at radius 2 is 0.958 bits per heavy atom. The van der Waals surface area contributed by atoms with Crippen LogP contribution in [-0.2, 0) is 10.1 Å². The Morgan fingerprint density at radius 1 is 0.583 bits per heavy atom. The third-order valence-corrected chi connectivity index (χ3v) is 4.68. The molecule has 0 fully saturated rings. The van der Waals surface area contributed by atoms with E-state index in [0.717, 1.165) is 25.7 Å². The molecule has 0 bridgehead atoms. The van der Waals surface area contributed by atoms with E-state index in [0.29, 0.717) is 19.4 Å². The van der Waals surface area contributed by atoms with Crippen LogP contribution in [0.25, 0.3) is 0 Å². The van der Waals surface area contributed by atoms with E-state index in [4.69, 9.17) is 9.66 Å². The van der Waals surface area contributed by atoms with E-state index >= 15 is 0 Å². The fraction of sp³-hybridized carbons (Fsp3) is 0.789. The molecule has 0 atom stereocenters. The van der Waals surface area contributed by atoms with Gasteiger partial charge >= 0.3 is 0 Å². The Morgan fingerprint density at radius 3 is 1.38 bits per heavy atom. The maximum atomic E-state index is 10.5. The van der Waals surface area contributed by atoms with Gasteiger partial charge in [0.05, 0.1) is 5.75 Å². The van der Waals surface area contributed by atoms with Crippen LogP contribution < -0.4 is 0 Å². The van der Waals surface area contributed by atoms with Gasteiger partial charge in [-0.25, -0.2) is 0 Å². The van der Waals surface area contributed by atoms with Gasteiger partial charge in [0.1, 0.15) is 0 Å². The number of rotatable bonds is 17. The summed E-state index contributed by atoms with van der Waals surface area (Å²) in [6.07, 6.45) is 22.7.